The summed E-state index contributed by atoms with van der Waals surface area (Å²) in [6.45, 7) is 1.82. The Bertz CT molecular complexity index is 704. The summed E-state index contributed by atoms with van der Waals surface area (Å²) >= 11 is 0. The molecule has 0 aliphatic heterocycles. The fourth-order valence-corrected chi connectivity index (χ4v) is 1.74. The molecule has 2 heterocycles. The minimum Gasteiger partial charge on any atom is -0.319 e. The van der Waals surface area contributed by atoms with Gasteiger partial charge >= 0.3 is 0 Å². The number of rotatable bonds is 2. The van der Waals surface area contributed by atoms with Crippen molar-refractivity contribution in [3.8, 4) is 0 Å². The lowest BCUT2D eigenvalue weighted by Crippen LogP contribution is -2.28. The van der Waals surface area contributed by atoms with Crippen molar-refractivity contribution in [1.29, 1.82) is 0 Å². The first-order valence-electron chi connectivity index (χ1n) is 6.23. The molecule has 0 amide bonds. The van der Waals surface area contributed by atoms with Crippen LogP contribution in [0.5, 0.6) is 0 Å². The van der Waals surface area contributed by atoms with Crippen molar-refractivity contribution in [2.75, 3.05) is 0 Å². The summed E-state index contributed by atoms with van der Waals surface area (Å²) in [4.78, 5) is 0. The number of hydrogen-bond donors (Lipinski definition) is 1. The minimum absolute atomic E-state index is 0.618. The van der Waals surface area contributed by atoms with Gasteiger partial charge in [-0.25, -0.2) is 0 Å². The predicted molar refractivity (Wildman–Crippen MR) is 76.1 cm³/mol. The van der Waals surface area contributed by atoms with E-state index in [1.54, 1.807) is 0 Å². The van der Waals surface area contributed by atoms with Crippen molar-refractivity contribution < 1.29 is 0 Å². The number of aromatic nitrogens is 4. The minimum atomic E-state index is 0.618. The van der Waals surface area contributed by atoms with Crippen LogP contribution in [0, 0.1) is 0 Å². The normalized spacial score (nSPS) is 11.6. The molecule has 2 aromatic rings. The summed E-state index contributed by atoms with van der Waals surface area (Å²) in [6.07, 6.45) is 7.71. The lowest BCUT2D eigenvalue weighted by molar-refractivity contribution is 0.702. The summed E-state index contributed by atoms with van der Waals surface area (Å²) in [5.74, 6) is 0.618. The molecule has 0 atom stereocenters. The summed E-state index contributed by atoms with van der Waals surface area (Å²) < 4.78 is 7.61. The van der Waals surface area contributed by atoms with Crippen LogP contribution in [0.3, 0.4) is 0 Å². The molecule has 0 saturated carbocycles. The van der Waals surface area contributed by atoms with Gasteiger partial charge in [-0.3, -0.25) is 5.43 Å². The average molecular weight is 276 g/mol. The van der Waals surface area contributed by atoms with Gasteiger partial charge in [0, 0.05) is 53.0 Å². The van der Waals surface area contributed by atoms with E-state index in [0.29, 0.717) is 5.84 Å². The van der Waals surface area contributed by atoms with Gasteiger partial charge < -0.3 is 18.3 Å². The molecule has 0 bridgehead atoms. The standard InChI is InChI=1S/C12H20N8/c1-10(13-15-11-17(2)6-7-18(11)3)14-16-12-19(4)8-9-20(12)5/h6-9H,1-5H3,(H,13,14). The molecule has 2 aromatic heterocycles. The van der Waals surface area contributed by atoms with E-state index in [-0.39, 0.29) is 0 Å². The number of nitrogens with one attached hydrogen (secondary N) is 1. The molecule has 0 saturated heterocycles. The van der Waals surface area contributed by atoms with E-state index < -0.39 is 0 Å². The third-order valence-corrected chi connectivity index (χ3v) is 2.90. The fourth-order valence-electron chi connectivity index (χ4n) is 1.74. The Morgan fingerprint density at radius 2 is 1.30 bits per heavy atom. The second-order valence-corrected chi connectivity index (χ2v) is 4.65. The molecule has 0 radical (unpaired) electrons. The molecule has 0 unspecified atom stereocenters. The maximum Gasteiger partial charge on any atom is 0.229 e. The molecule has 0 aliphatic carbocycles. The topological polar surface area (TPSA) is 68.8 Å². The molecular formula is C12H20N8. The second kappa shape index (κ2) is 5.64. The average Bonchev–Trinajstić information content (AvgIpc) is 2.89. The van der Waals surface area contributed by atoms with E-state index in [1.807, 2.05) is 78.2 Å². The van der Waals surface area contributed by atoms with Crippen LogP contribution < -0.4 is 16.7 Å². The van der Waals surface area contributed by atoms with E-state index >= 15 is 0 Å². The second-order valence-electron chi connectivity index (χ2n) is 4.65. The van der Waals surface area contributed by atoms with Crippen molar-refractivity contribution in [2.24, 2.45) is 43.5 Å². The van der Waals surface area contributed by atoms with Crippen molar-refractivity contribution >= 4 is 5.84 Å². The van der Waals surface area contributed by atoms with Gasteiger partial charge in [-0.2, -0.15) is 0 Å². The summed E-state index contributed by atoms with van der Waals surface area (Å²) in [6, 6.07) is 0. The van der Waals surface area contributed by atoms with Crippen LogP contribution in [0.25, 0.3) is 0 Å². The quantitative estimate of drug-likeness (QED) is 0.443. The van der Waals surface area contributed by atoms with Gasteiger partial charge in [-0.05, 0) is 6.92 Å². The largest absolute Gasteiger partial charge is 0.319 e. The van der Waals surface area contributed by atoms with Crippen molar-refractivity contribution in [1.82, 2.24) is 23.7 Å². The Balaban J connectivity index is 2.22. The maximum absolute atomic E-state index is 4.28. The highest BCUT2D eigenvalue weighted by Crippen LogP contribution is 1.80. The number of hydrogen-bond acceptors (Lipinski definition) is 3. The van der Waals surface area contributed by atoms with Gasteiger partial charge in [-0.15, -0.1) is 15.3 Å². The smallest absolute Gasteiger partial charge is 0.229 e. The first kappa shape index (κ1) is 13.9. The van der Waals surface area contributed by atoms with Crippen LogP contribution >= 0.6 is 0 Å². The highest BCUT2D eigenvalue weighted by molar-refractivity contribution is 5.78. The van der Waals surface area contributed by atoms with Crippen LogP contribution in [0.2, 0.25) is 0 Å². The van der Waals surface area contributed by atoms with Gasteiger partial charge in [0.25, 0.3) is 0 Å². The number of aryl methyl sites for hydroxylation is 4. The highest BCUT2D eigenvalue weighted by atomic mass is 15.4. The fraction of sp³-hybridized carbons (Fsp3) is 0.417. The van der Waals surface area contributed by atoms with Gasteiger partial charge in [0.2, 0.25) is 11.2 Å². The van der Waals surface area contributed by atoms with Gasteiger partial charge in [0.05, 0.1) is 0 Å². The summed E-state index contributed by atoms with van der Waals surface area (Å²) in [5, 5.41) is 12.6. The molecule has 20 heavy (non-hydrogen) atoms. The number of amidine groups is 1. The molecule has 2 rings (SSSR count). The molecule has 1 N–H and O–H groups in total. The van der Waals surface area contributed by atoms with E-state index in [4.69, 9.17) is 0 Å². The molecule has 0 aliphatic rings. The van der Waals surface area contributed by atoms with Crippen molar-refractivity contribution in [2.45, 2.75) is 6.92 Å². The Morgan fingerprint density at radius 3 is 1.80 bits per heavy atom. The Morgan fingerprint density at radius 1 is 0.850 bits per heavy atom. The Hall–Kier alpha value is -2.51. The van der Waals surface area contributed by atoms with Crippen LogP contribution in [-0.4, -0.2) is 24.1 Å². The Labute approximate surface area is 117 Å². The van der Waals surface area contributed by atoms with Gasteiger partial charge in [0.15, 0.2) is 0 Å². The monoisotopic (exact) mass is 276 g/mol. The lowest BCUT2D eigenvalue weighted by Gasteiger charge is -1.98. The van der Waals surface area contributed by atoms with Crippen molar-refractivity contribution in [3.63, 3.8) is 0 Å². The number of imidazole rings is 2. The lowest BCUT2D eigenvalue weighted by atomic mass is 10.7. The highest BCUT2D eigenvalue weighted by Gasteiger charge is 1.94. The predicted octanol–water partition coefficient (Wildman–Crippen LogP) is -0.620. The van der Waals surface area contributed by atoms with E-state index in [2.05, 4.69) is 20.7 Å². The molecule has 8 nitrogen and oxygen atoms in total. The zero-order valence-electron chi connectivity index (χ0n) is 12.4. The third kappa shape index (κ3) is 2.90. The molecular weight excluding hydrogens is 256 g/mol. The van der Waals surface area contributed by atoms with Gasteiger partial charge in [-0.1, -0.05) is 0 Å². The molecule has 108 valence electrons. The maximum atomic E-state index is 4.28. The van der Waals surface area contributed by atoms with Crippen LogP contribution in [0.15, 0.2) is 40.1 Å². The molecule has 0 aromatic carbocycles. The van der Waals surface area contributed by atoms with Crippen molar-refractivity contribution in [3.05, 3.63) is 36.0 Å². The summed E-state index contributed by atoms with van der Waals surface area (Å²) in [5.41, 5.74) is 4.44. The van der Waals surface area contributed by atoms with E-state index in [9.17, 15) is 0 Å². The molecule has 8 heteroatoms. The van der Waals surface area contributed by atoms with E-state index in [0.717, 1.165) is 11.2 Å². The van der Waals surface area contributed by atoms with Crippen LogP contribution in [0.4, 0.5) is 0 Å². The zero-order valence-corrected chi connectivity index (χ0v) is 12.4. The first-order chi connectivity index (χ1) is 9.49. The van der Waals surface area contributed by atoms with Gasteiger partial charge in [0.1, 0.15) is 5.84 Å². The number of nitrogens with zero attached hydrogens (tertiary/aromatic N) is 7. The summed E-state index contributed by atoms with van der Waals surface area (Å²) in [7, 11) is 7.71. The molecule has 0 spiro atoms. The van der Waals surface area contributed by atoms with Crippen LogP contribution in [-0.2, 0) is 28.2 Å². The third-order valence-electron chi connectivity index (χ3n) is 2.90. The molecule has 0 fully saturated rings. The van der Waals surface area contributed by atoms with Crippen LogP contribution in [0.1, 0.15) is 6.92 Å². The van der Waals surface area contributed by atoms with E-state index in [1.165, 1.54) is 0 Å². The first-order valence-corrected chi connectivity index (χ1v) is 6.23. The Kier molecular flexibility index (Phi) is 3.92. The zero-order chi connectivity index (χ0) is 14.7. The SMILES string of the molecule is CC(=NN=c1n(C)ccn1C)NN=c1n(C)ccn1C.